The molecule has 3 heterocycles. The second kappa shape index (κ2) is 11.8. The van der Waals surface area contributed by atoms with Crippen molar-refractivity contribution in [2.75, 3.05) is 20.1 Å². The number of fused-ring (bicyclic) bond motifs is 2. The molecule has 1 unspecified atom stereocenters. The smallest absolute Gasteiger partial charge is 0.414 e. The lowest BCUT2D eigenvalue weighted by molar-refractivity contribution is -0.159. The number of carboxylic acid groups (broad SMARTS) is 2. The maximum Gasteiger partial charge on any atom is 0.414 e. The van der Waals surface area contributed by atoms with Gasteiger partial charge in [-0.2, -0.15) is 5.26 Å². The predicted octanol–water partition coefficient (Wildman–Crippen LogP) is 3.53. The van der Waals surface area contributed by atoms with Crippen LogP contribution in [-0.2, 0) is 33.7 Å². The zero-order valence-corrected chi connectivity index (χ0v) is 20.7. The van der Waals surface area contributed by atoms with Crippen LogP contribution in [0.25, 0.3) is 11.3 Å². The zero-order chi connectivity index (χ0) is 26.4. The van der Waals surface area contributed by atoms with Gasteiger partial charge in [0, 0.05) is 31.4 Å². The largest absolute Gasteiger partial charge is 0.473 e. The Morgan fingerprint density at radius 1 is 1.05 bits per heavy atom. The number of nitrogens with zero attached hydrogens (tertiary/aromatic N) is 4. The SMILES string of the molecule is CN1CCC(OC2c3ccccc3CCn3cc(-c4ccc(CC#N)cc4)nc32)CC1.O=C(O)C(=O)O. The number of aromatic nitrogens is 2. The summed E-state index contributed by atoms with van der Waals surface area (Å²) >= 11 is 0. The van der Waals surface area contributed by atoms with Crippen molar-refractivity contribution in [1.29, 1.82) is 5.26 Å². The number of aliphatic carboxylic acids is 2. The molecule has 0 radical (unpaired) electrons. The van der Waals surface area contributed by atoms with Crippen LogP contribution >= 0.6 is 0 Å². The van der Waals surface area contributed by atoms with Crippen LogP contribution in [0.2, 0.25) is 0 Å². The number of aryl methyl sites for hydroxylation is 2. The number of rotatable bonds is 4. The van der Waals surface area contributed by atoms with Crippen LogP contribution in [0.5, 0.6) is 0 Å². The van der Waals surface area contributed by atoms with E-state index in [0.717, 1.165) is 61.5 Å². The quantitative estimate of drug-likeness (QED) is 0.519. The summed E-state index contributed by atoms with van der Waals surface area (Å²) in [4.78, 5) is 25.7. The summed E-state index contributed by atoms with van der Waals surface area (Å²) in [5.41, 5.74) is 5.68. The van der Waals surface area contributed by atoms with E-state index in [-0.39, 0.29) is 12.2 Å². The number of piperidine rings is 1. The van der Waals surface area contributed by atoms with Crippen molar-refractivity contribution < 1.29 is 24.5 Å². The molecule has 37 heavy (non-hydrogen) atoms. The van der Waals surface area contributed by atoms with E-state index in [1.807, 2.05) is 12.1 Å². The molecule has 9 nitrogen and oxygen atoms in total. The van der Waals surface area contributed by atoms with Crippen LogP contribution < -0.4 is 0 Å². The van der Waals surface area contributed by atoms with Gasteiger partial charge in [-0.15, -0.1) is 0 Å². The van der Waals surface area contributed by atoms with Gasteiger partial charge in [0.15, 0.2) is 0 Å². The molecule has 1 atom stereocenters. The monoisotopic (exact) mass is 502 g/mol. The summed E-state index contributed by atoms with van der Waals surface area (Å²) in [5.74, 6) is -2.65. The molecule has 2 N–H and O–H groups in total. The third-order valence-electron chi connectivity index (χ3n) is 6.71. The molecule has 0 aliphatic carbocycles. The van der Waals surface area contributed by atoms with E-state index in [1.54, 1.807) is 0 Å². The fraction of sp³-hybridized carbons (Fsp3) is 0.357. The van der Waals surface area contributed by atoms with Crippen molar-refractivity contribution in [3.63, 3.8) is 0 Å². The maximum atomic E-state index is 9.10. The first-order chi connectivity index (χ1) is 17.9. The number of nitriles is 1. The fourth-order valence-corrected chi connectivity index (χ4v) is 4.69. The molecule has 3 aromatic rings. The Labute approximate surface area is 215 Å². The van der Waals surface area contributed by atoms with E-state index >= 15 is 0 Å². The molecule has 5 rings (SSSR count). The van der Waals surface area contributed by atoms with Crippen molar-refractivity contribution >= 4 is 11.9 Å². The number of ether oxygens (including phenoxy) is 1. The molecule has 1 fully saturated rings. The van der Waals surface area contributed by atoms with E-state index in [9.17, 15) is 0 Å². The number of hydrogen-bond acceptors (Lipinski definition) is 6. The first kappa shape index (κ1) is 26.1. The molecule has 2 aliphatic heterocycles. The highest BCUT2D eigenvalue weighted by Crippen LogP contribution is 2.35. The molecule has 2 aromatic carbocycles. The summed E-state index contributed by atoms with van der Waals surface area (Å²) in [6.45, 7) is 3.06. The molecule has 1 aromatic heterocycles. The number of likely N-dealkylation sites (tertiary alicyclic amines) is 1. The third kappa shape index (κ3) is 6.42. The maximum absolute atomic E-state index is 9.10. The number of hydrogen-bond donors (Lipinski definition) is 2. The van der Waals surface area contributed by atoms with Gasteiger partial charge in [-0.25, -0.2) is 14.6 Å². The molecule has 2 aliphatic rings. The highest BCUT2D eigenvalue weighted by molar-refractivity contribution is 6.27. The summed E-state index contributed by atoms with van der Waals surface area (Å²) in [7, 11) is 2.18. The van der Waals surface area contributed by atoms with Gasteiger partial charge in [0.25, 0.3) is 0 Å². The van der Waals surface area contributed by atoms with Crippen LogP contribution in [0.15, 0.2) is 54.7 Å². The Balaban J connectivity index is 0.000000480. The van der Waals surface area contributed by atoms with E-state index < -0.39 is 11.9 Å². The van der Waals surface area contributed by atoms with Gasteiger partial charge >= 0.3 is 11.9 Å². The van der Waals surface area contributed by atoms with E-state index in [0.29, 0.717) is 6.42 Å². The van der Waals surface area contributed by atoms with Crippen molar-refractivity contribution in [2.45, 2.75) is 44.4 Å². The van der Waals surface area contributed by atoms with Crippen LogP contribution in [0, 0.1) is 11.3 Å². The van der Waals surface area contributed by atoms with Gasteiger partial charge < -0.3 is 24.4 Å². The van der Waals surface area contributed by atoms with E-state index in [2.05, 4.69) is 65.2 Å². The van der Waals surface area contributed by atoms with Crippen LogP contribution in [0.3, 0.4) is 0 Å². The van der Waals surface area contributed by atoms with Crippen molar-refractivity contribution in [1.82, 2.24) is 14.5 Å². The van der Waals surface area contributed by atoms with E-state index in [1.165, 1.54) is 11.1 Å². The minimum atomic E-state index is -1.82. The molecule has 0 spiro atoms. The Hall–Kier alpha value is -4.00. The molecule has 192 valence electrons. The lowest BCUT2D eigenvalue weighted by atomic mass is 10.00. The van der Waals surface area contributed by atoms with Crippen molar-refractivity contribution in [3.05, 3.63) is 77.2 Å². The van der Waals surface area contributed by atoms with Gasteiger partial charge in [0.1, 0.15) is 11.9 Å². The number of carbonyl (C=O) groups is 2. The van der Waals surface area contributed by atoms with Crippen LogP contribution in [-0.4, -0.2) is 62.8 Å². The average molecular weight is 503 g/mol. The zero-order valence-electron chi connectivity index (χ0n) is 20.7. The van der Waals surface area contributed by atoms with Crippen LogP contribution in [0.4, 0.5) is 0 Å². The summed E-state index contributed by atoms with van der Waals surface area (Å²) in [5, 5.41) is 23.7. The molecular weight excluding hydrogens is 472 g/mol. The fourth-order valence-electron chi connectivity index (χ4n) is 4.69. The second-order valence-corrected chi connectivity index (χ2v) is 9.29. The lowest BCUT2D eigenvalue weighted by Gasteiger charge is -2.32. The highest BCUT2D eigenvalue weighted by atomic mass is 16.5. The molecule has 9 heteroatoms. The number of carboxylic acids is 2. The first-order valence-electron chi connectivity index (χ1n) is 12.3. The minimum Gasteiger partial charge on any atom is -0.473 e. The normalized spacial score (nSPS) is 17.4. The Kier molecular flexibility index (Phi) is 8.33. The van der Waals surface area contributed by atoms with Crippen molar-refractivity contribution in [3.8, 4) is 17.3 Å². The molecule has 0 bridgehead atoms. The van der Waals surface area contributed by atoms with Crippen LogP contribution in [0.1, 0.15) is 41.5 Å². The molecule has 1 saturated heterocycles. The Morgan fingerprint density at radius 2 is 1.73 bits per heavy atom. The van der Waals surface area contributed by atoms with Gasteiger partial charge in [0.2, 0.25) is 0 Å². The summed E-state index contributed by atoms with van der Waals surface area (Å²) in [6.07, 6.45) is 5.80. The second-order valence-electron chi connectivity index (χ2n) is 9.29. The highest BCUT2D eigenvalue weighted by Gasteiger charge is 2.30. The number of imidazole rings is 1. The first-order valence-corrected chi connectivity index (χ1v) is 12.3. The van der Waals surface area contributed by atoms with Gasteiger partial charge in [-0.1, -0.05) is 48.5 Å². The van der Waals surface area contributed by atoms with Gasteiger partial charge in [0.05, 0.1) is 24.3 Å². The minimum absolute atomic E-state index is 0.140. The Morgan fingerprint density at radius 3 is 2.38 bits per heavy atom. The Bertz CT molecular complexity index is 1270. The van der Waals surface area contributed by atoms with Gasteiger partial charge in [-0.3, -0.25) is 0 Å². The topological polar surface area (TPSA) is 129 Å². The average Bonchev–Trinajstić information content (AvgIpc) is 3.26. The standard InChI is InChI=1S/C26H28N4O.C2H2O4/c1-29-15-12-22(13-16-29)31-25-23-5-3-2-4-20(23)11-17-30-18-24(28-26(25)30)21-8-6-19(7-9-21)10-14-27;3-1(4)2(5)6/h2-9,18,22,25H,10-13,15-17H2,1H3;(H,3,4)(H,5,6). The third-order valence-corrected chi connectivity index (χ3v) is 6.71. The lowest BCUT2D eigenvalue weighted by Crippen LogP contribution is -2.35. The van der Waals surface area contributed by atoms with E-state index in [4.69, 9.17) is 34.8 Å². The summed E-state index contributed by atoms with van der Waals surface area (Å²) in [6, 6.07) is 19.0. The molecule has 0 saturated carbocycles. The van der Waals surface area contributed by atoms with Gasteiger partial charge in [-0.05, 0) is 43.0 Å². The van der Waals surface area contributed by atoms with Crippen molar-refractivity contribution in [2.24, 2.45) is 0 Å². The predicted molar refractivity (Wildman–Crippen MR) is 136 cm³/mol. The molecule has 0 amide bonds. The molecular formula is C28H30N4O5. The summed E-state index contributed by atoms with van der Waals surface area (Å²) < 4.78 is 9.04. The number of benzene rings is 2.